The molecule has 2 aromatic rings. The van der Waals surface area contributed by atoms with Crippen LogP contribution in [-0.2, 0) is 0 Å². The average Bonchev–Trinajstić information content (AvgIpc) is 2.90. The molecule has 0 aliphatic heterocycles. The van der Waals surface area contributed by atoms with Gasteiger partial charge in [0.05, 0.1) is 6.10 Å². The van der Waals surface area contributed by atoms with Crippen LogP contribution in [0.15, 0.2) is 42.5 Å². The molecule has 1 aliphatic rings. The molecule has 0 radical (unpaired) electrons. The van der Waals surface area contributed by atoms with Crippen molar-refractivity contribution in [2.24, 2.45) is 5.92 Å². The van der Waals surface area contributed by atoms with Gasteiger partial charge in [-0.25, -0.2) is 0 Å². The molecule has 0 aromatic heterocycles. The Balaban J connectivity index is 1.64. The van der Waals surface area contributed by atoms with Crippen LogP contribution in [0.3, 0.4) is 0 Å². The van der Waals surface area contributed by atoms with Gasteiger partial charge in [0.25, 0.3) is 0 Å². The molecule has 106 valence electrons. The Morgan fingerprint density at radius 1 is 1.15 bits per heavy atom. The fourth-order valence-corrected chi connectivity index (χ4v) is 3.17. The van der Waals surface area contributed by atoms with Gasteiger partial charge in [-0.2, -0.15) is 0 Å². The first-order chi connectivity index (χ1) is 9.72. The third kappa shape index (κ3) is 3.02. The lowest BCUT2D eigenvalue weighted by atomic mass is 10.0. The Bertz CT molecular complexity index is 580. The summed E-state index contributed by atoms with van der Waals surface area (Å²) in [6.45, 7) is 3.22. The molecule has 1 fully saturated rings. The monoisotopic (exact) mass is 269 g/mol. The Kier molecular flexibility index (Phi) is 4.04. The number of nitrogens with one attached hydrogen (secondary N) is 1. The first kappa shape index (κ1) is 13.6. The van der Waals surface area contributed by atoms with E-state index in [1.165, 1.54) is 16.3 Å². The summed E-state index contributed by atoms with van der Waals surface area (Å²) in [5.41, 5.74) is 1.34. The van der Waals surface area contributed by atoms with Gasteiger partial charge >= 0.3 is 0 Å². The van der Waals surface area contributed by atoms with Crippen molar-refractivity contribution in [1.29, 1.82) is 0 Å². The second kappa shape index (κ2) is 5.94. The number of hydrogen-bond acceptors (Lipinski definition) is 2. The van der Waals surface area contributed by atoms with Crippen molar-refractivity contribution in [3.8, 4) is 0 Å². The third-order valence-electron chi connectivity index (χ3n) is 4.50. The minimum Gasteiger partial charge on any atom is -0.393 e. The zero-order valence-electron chi connectivity index (χ0n) is 12.0. The van der Waals surface area contributed by atoms with Crippen LogP contribution in [0.4, 0.5) is 0 Å². The van der Waals surface area contributed by atoms with E-state index in [2.05, 4.69) is 54.7 Å². The van der Waals surface area contributed by atoms with Crippen molar-refractivity contribution >= 4 is 10.8 Å². The molecule has 0 saturated heterocycles. The van der Waals surface area contributed by atoms with E-state index in [0.717, 1.165) is 25.8 Å². The summed E-state index contributed by atoms with van der Waals surface area (Å²) < 4.78 is 0. The molecule has 1 aliphatic carbocycles. The van der Waals surface area contributed by atoms with Crippen LogP contribution < -0.4 is 5.32 Å². The van der Waals surface area contributed by atoms with Crippen molar-refractivity contribution in [1.82, 2.24) is 5.32 Å². The second-order valence-corrected chi connectivity index (χ2v) is 6.07. The molecule has 3 rings (SSSR count). The van der Waals surface area contributed by atoms with Crippen molar-refractivity contribution in [2.75, 3.05) is 6.54 Å². The van der Waals surface area contributed by atoms with E-state index in [0.29, 0.717) is 12.0 Å². The van der Waals surface area contributed by atoms with Gasteiger partial charge in [0.15, 0.2) is 0 Å². The maximum Gasteiger partial charge on any atom is 0.0543 e. The fourth-order valence-electron chi connectivity index (χ4n) is 3.17. The fraction of sp³-hybridized carbons (Fsp3) is 0.444. The number of rotatable bonds is 4. The largest absolute Gasteiger partial charge is 0.393 e. The average molecular weight is 269 g/mol. The van der Waals surface area contributed by atoms with E-state index in [1.54, 1.807) is 0 Å². The maximum atomic E-state index is 9.57. The van der Waals surface area contributed by atoms with Gasteiger partial charge in [-0.05, 0) is 61.1 Å². The summed E-state index contributed by atoms with van der Waals surface area (Å²) in [7, 11) is 0. The minimum absolute atomic E-state index is 0.0715. The highest BCUT2D eigenvalue weighted by atomic mass is 16.3. The van der Waals surface area contributed by atoms with Crippen molar-refractivity contribution in [3.63, 3.8) is 0 Å². The second-order valence-electron chi connectivity index (χ2n) is 6.07. The summed E-state index contributed by atoms with van der Waals surface area (Å²) in [5.74, 6) is 0.632. The first-order valence-corrected chi connectivity index (χ1v) is 7.62. The highest BCUT2D eigenvalue weighted by Crippen LogP contribution is 2.26. The lowest BCUT2D eigenvalue weighted by Gasteiger charge is -2.18. The van der Waals surface area contributed by atoms with Crippen LogP contribution >= 0.6 is 0 Å². The van der Waals surface area contributed by atoms with Gasteiger partial charge in [0.2, 0.25) is 0 Å². The molecule has 0 spiro atoms. The molecule has 20 heavy (non-hydrogen) atoms. The lowest BCUT2D eigenvalue weighted by Crippen LogP contribution is -2.25. The van der Waals surface area contributed by atoms with E-state index in [-0.39, 0.29) is 6.10 Å². The van der Waals surface area contributed by atoms with E-state index in [9.17, 15) is 5.11 Å². The molecular formula is C18H23NO. The van der Waals surface area contributed by atoms with Crippen LogP contribution in [0.25, 0.3) is 10.8 Å². The molecule has 1 saturated carbocycles. The zero-order chi connectivity index (χ0) is 13.9. The van der Waals surface area contributed by atoms with E-state index < -0.39 is 0 Å². The predicted molar refractivity (Wildman–Crippen MR) is 83.7 cm³/mol. The van der Waals surface area contributed by atoms with Gasteiger partial charge in [-0.3, -0.25) is 0 Å². The van der Waals surface area contributed by atoms with Gasteiger partial charge < -0.3 is 10.4 Å². The number of fused-ring (bicyclic) bond motifs is 1. The standard InChI is InChI=1S/C18H23NO/c1-13(19-12-14-6-9-18(20)10-14)16-8-7-15-4-2-3-5-17(15)11-16/h2-5,7-8,11,13-14,18-20H,6,9-10,12H2,1H3. The predicted octanol–water partition coefficient (Wildman–Crippen LogP) is 3.65. The summed E-state index contributed by atoms with van der Waals surface area (Å²) >= 11 is 0. The molecule has 0 bridgehead atoms. The maximum absolute atomic E-state index is 9.57. The normalized spacial score (nSPS) is 24.1. The Hall–Kier alpha value is -1.38. The van der Waals surface area contributed by atoms with E-state index in [4.69, 9.17) is 0 Å². The Morgan fingerprint density at radius 2 is 1.95 bits per heavy atom. The molecule has 0 heterocycles. The summed E-state index contributed by atoms with van der Waals surface area (Å²) in [4.78, 5) is 0. The minimum atomic E-state index is -0.0715. The number of benzene rings is 2. The molecule has 3 atom stereocenters. The highest BCUT2D eigenvalue weighted by molar-refractivity contribution is 5.83. The summed E-state index contributed by atoms with van der Waals surface area (Å²) in [6.07, 6.45) is 3.00. The number of aliphatic hydroxyl groups is 1. The smallest absolute Gasteiger partial charge is 0.0543 e. The van der Waals surface area contributed by atoms with Crippen LogP contribution in [0.5, 0.6) is 0 Å². The molecule has 2 nitrogen and oxygen atoms in total. The SMILES string of the molecule is CC(NCC1CCC(O)C1)c1ccc2ccccc2c1. The van der Waals surface area contributed by atoms with Gasteiger partial charge in [-0.1, -0.05) is 36.4 Å². The lowest BCUT2D eigenvalue weighted by molar-refractivity contribution is 0.177. The zero-order valence-corrected chi connectivity index (χ0v) is 12.0. The van der Waals surface area contributed by atoms with E-state index >= 15 is 0 Å². The van der Waals surface area contributed by atoms with Crippen LogP contribution in [0.2, 0.25) is 0 Å². The van der Waals surface area contributed by atoms with Crippen molar-refractivity contribution < 1.29 is 5.11 Å². The van der Waals surface area contributed by atoms with Crippen LogP contribution in [0.1, 0.15) is 37.8 Å². The molecule has 2 aromatic carbocycles. The quantitative estimate of drug-likeness (QED) is 0.888. The van der Waals surface area contributed by atoms with Crippen LogP contribution in [-0.4, -0.2) is 17.8 Å². The van der Waals surface area contributed by atoms with Crippen molar-refractivity contribution in [3.05, 3.63) is 48.0 Å². The summed E-state index contributed by atoms with van der Waals surface area (Å²) in [6, 6.07) is 15.5. The molecule has 2 N–H and O–H groups in total. The summed E-state index contributed by atoms with van der Waals surface area (Å²) in [5, 5.41) is 15.8. The van der Waals surface area contributed by atoms with Gasteiger partial charge in [-0.15, -0.1) is 0 Å². The molecule has 2 heteroatoms. The van der Waals surface area contributed by atoms with Crippen LogP contribution in [0, 0.1) is 5.92 Å². The van der Waals surface area contributed by atoms with Gasteiger partial charge in [0, 0.05) is 6.04 Å². The van der Waals surface area contributed by atoms with E-state index in [1.807, 2.05) is 0 Å². The van der Waals surface area contributed by atoms with Gasteiger partial charge in [0.1, 0.15) is 0 Å². The first-order valence-electron chi connectivity index (χ1n) is 7.62. The number of hydrogen-bond donors (Lipinski definition) is 2. The molecule has 3 unspecified atom stereocenters. The third-order valence-corrected chi connectivity index (χ3v) is 4.50. The molecular weight excluding hydrogens is 246 g/mol. The topological polar surface area (TPSA) is 32.3 Å². The highest BCUT2D eigenvalue weighted by Gasteiger charge is 2.22. The Labute approximate surface area is 120 Å². The Morgan fingerprint density at radius 3 is 2.70 bits per heavy atom. The number of aliphatic hydroxyl groups excluding tert-OH is 1. The molecule has 0 amide bonds. The van der Waals surface area contributed by atoms with Crippen molar-refractivity contribution in [2.45, 2.75) is 38.3 Å².